The molecule has 2 aromatic heterocycles. The minimum atomic E-state index is -4.42. The quantitative estimate of drug-likeness (QED) is 0.714. The van der Waals surface area contributed by atoms with Crippen molar-refractivity contribution in [3.8, 4) is 11.3 Å². The second kappa shape index (κ2) is 8.00. The summed E-state index contributed by atoms with van der Waals surface area (Å²) >= 11 is 0. The Morgan fingerprint density at radius 3 is 2.59 bits per heavy atom. The lowest BCUT2D eigenvalue weighted by molar-refractivity contribution is -0.138. The molecule has 7 heteroatoms. The zero-order valence-electron chi connectivity index (χ0n) is 16.0. The lowest BCUT2D eigenvalue weighted by Crippen LogP contribution is -2.17. The number of rotatable bonds is 5. The van der Waals surface area contributed by atoms with Crippen molar-refractivity contribution in [2.24, 2.45) is 5.92 Å². The minimum absolute atomic E-state index is 0.0192. The maximum Gasteiger partial charge on any atom is 0.418 e. The zero-order chi connectivity index (χ0) is 19.6. The molecule has 0 radical (unpaired) electrons. The molecule has 1 aliphatic heterocycles. The molecule has 0 atom stereocenters. The van der Waals surface area contributed by atoms with Gasteiger partial charge in [0.25, 0.3) is 0 Å². The number of halogens is 3. The normalized spacial score (nSPS) is 16.3. The van der Waals surface area contributed by atoms with Crippen LogP contribution in [0.5, 0.6) is 0 Å². The zero-order valence-corrected chi connectivity index (χ0v) is 16.0. The summed E-state index contributed by atoms with van der Waals surface area (Å²) < 4.78 is 47.1. The van der Waals surface area contributed by atoms with Crippen LogP contribution in [0.1, 0.15) is 56.1 Å². The number of aromatic nitrogens is 3. The summed E-state index contributed by atoms with van der Waals surface area (Å²) in [6.07, 6.45) is 2.07. The Bertz CT molecular complexity index is 777. The first-order valence-corrected chi connectivity index (χ1v) is 9.44. The molecule has 0 unspecified atom stereocenters. The van der Waals surface area contributed by atoms with Gasteiger partial charge in [0.2, 0.25) is 0 Å². The summed E-state index contributed by atoms with van der Waals surface area (Å²) in [5.41, 5.74) is 0.223. The molecular formula is C20H26F3N3O. The van der Waals surface area contributed by atoms with Gasteiger partial charge in [0, 0.05) is 49.3 Å². The van der Waals surface area contributed by atoms with Crippen molar-refractivity contribution in [2.75, 3.05) is 13.2 Å². The number of alkyl halides is 3. The van der Waals surface area contributed by atoms with Crippen molar-refractivity contribution in [2.45, 2.75) is 58.7 Å². The number of pyridine rings is 1. The van der Waals surface area contributed by atoms with Gasteiger partial charge in [-0.25, -0.2) is 4.98 Å². The van der Waals surface area contributed by atoms with Crippen LogP contribution in [0.25, 0.3) is 11.3 Å². The molecule has 1 aliphatic rings. The number of ether oxygens (including phenoxy) is 1. The molecule has 1 saturated heterocycles. The average Bonchev–Trinajstić information content (AvgIpc) is 3.05. The fourth-order valence-corrected chi connectivity index (χ4v) is 3.53. The topological polar surface area (TPSA) is 39.9 Å². The molecule has 148 valence electrons. The van der Waals surface area contributed by atoms with Crippen molar-refractivity contribution in [3.05, 3.63) is 35.5 Å². The van der Waals surface area contributed by atoms with E-state index < -0.39 is 11.7 Å². The number of hydrogen-bond acceptors (Lipinski definition) is 3. The fraction of sp³-hybridized carbons (Fsp3) is 0.600. The highest BCUT2D eigenvalue weighted by Gasteiger charge is 2.33. The largest absolute Gasteiger partial charge is 0.418 e. The van der Waals surface area contributed by atoms with Gasteiger partial charge in [-0.2, -0.15) is 13.2 Å². The minimum Gasteiger partial charge on any atom is -0.381 e. The van der Waals surface area contributed by atoms with Gasteiger partial charge in [0.05, 0.1) is 11.3 Å². The molecule has 0 amide bonds. The van der Waals surface area contributed by atoms with Crippen molar-refractivity contribution in [3.63, 3.8) is 0 Å². The molecule has 2 aromatic rings. The van der Waals surface area contributed by atoms with Crippen molar-refractivity contribution in [1.29, 1.82) is 0 Å². The standard InChI is InChI=1S/C20H26F3N3O/c1-13(2)19-25-18(12-26(19)7-4-15-5-8-27-9-6-15)16-10-17(20(21,22)23)14(3)24-11-16/h10-13,15H,4-9H2,1-3H3. The Hall–Kier alpha value is -1.89. The maximum absolute atomic E-state index is 13.2. The predicted octanol–water partition coefficient (Wildman–Crippen LogP) is 5.21. The van der Waals surface area contributed by atoms with Gasteiger partial charge in [0.15, 0.2) is 0 Å². The van der Waals surface area contributed by atoms with Crippen LogP contribution in [-0.4, -0.2) is 27.7 Å². The van der Waals surface area contributed by atoms with E-state index in [0.29, 0.717) is 17.2 Å². The first kappa shape index (κ1) is 19.9. The summed E-state index contributed by atoms with van der Waals surface area (Å²) in [5.74, 6) is 1.71. The number of aryl methyl sites for hydroxylation is 2. The van der Waals surface area contributed by atoms with E-state index in [2.05, 4.69) is 14.5 Å². The van der Waals surface area contributed by atoms with Crippen LogP contribution in [-0.2, 0) is 17.5 Å². The van der Waals surface area contributed by atoms with Crippen LogP contribution < -0.4 is 0 Å². The summed E-state index contributed by atoms with van der Waals surface area (Å²) in [7, 11) is 0. The highest BCUT2D eigenvalue weighted by Crippen LogP contribution is 2.34. The van der Waals surface area contributed by atoms with E-state index >= 15 is 0 Å². The van der Waals surface area contributed by atoms with E-state index in [0.717, 1.165) is 50.9 Å². The van der Waals surface area contributed by atoms with Crippen molar-refractivity contribution >= 4 is 0 Å². The Balaban J connectivity index is 1.86. The predicted molar refractivity (Wildman–Crippen MR) is 97.4 cm³/mol. The van der Waals surface area contributed by atoms with Gasteiger partial charge >= 0.3 is 6.18 Å². The molecular weight excluding hydrogens is 355 g/mol. The number of nitrogens with zero attached hydrogens (tertiary/aromatic N) is 3. The second-order valence-corrected chi connectivity index (χ2v) is 7.53. The van der Waals surface area contributed by atoms with Gasteiger partial charge < -0.3 is 9.30 Å². The molecule has 0 aromatic carbocycles. The van der Waals surface area contributed by atoms with Crippen LogP contribution in [0.2, 0.25) is 0 Å². The number of hydrogen-bond donors (Lipinski definition) is 0. The number of imidazole rings is 1. The lowest BCUT2D eigenvalue weighted by atomic mass is 9.96. The SMILES string of the molecule is Cc1ncc(-c2cn(CCC3CCOCC3)c(C(C)C)n2)cc1C(F)(F)F. The molecule has 4 nitrogen and oxygen atoms in total. The van der Waals surface area contributed by atoms with Crippen LogP contribution in [0, 0.1) is 12.8 Å². The van der Waals surface area contributed by atoms with E-state index in [-0.39, 0.29) is 11.6 Å². The summed E-state index contributed by atoms with van der Waals surface area (Å²) in [6, 6.07) is 1.15. The van der Waals surface area contributed by atoms with Gasteiger partial charge in [-0.1, -0.05) is 13.8 Å². The van der Waals surface area contributed by atoms with Crippen LogP contribution in [0.3, 0.4) is 0 Å². The molecule has 0 bridgehead atoms. The first-order valence-electron chi connectivity index (χ1n) is 9.44. The van der Waals surface area contributed by atoms with E-state index in [1.54, 1.807) is 0 Å². The first-order chi connectivity index (χ1) is 12.8. The average molecular weight is 381 g/mol. The third-order valence-corrected chi connectivity index (χ3v) is 5.13. The molecule has 0 aliphatic carbocycles. The second-order valence-electron chi connectivity index (χ2n) is 7.53. The smallest absolute Gasteiger partial charge is 0.381 e. The van der Waals surface area contributed by atoms with Crippen molar-refractivity contribution in [1.82, 2.24) is 14.5 Å². The van der Waals surface area contributed by atoms with Crippen LogP contribution in [0.4, 0.5) is 13.2 Å². The van der Waals surface area contributed by atoms with Crippen LogP contribution >= 0.6 is 0 Å². The maximum atomic E-state index is 13.2. The van der Waals surface area contributed by atoms with Gasteiger partial charge in [-0.15, -0.1) is 0 Å². The molecule has 1 fully saturated rings. The fourth-order valence-electron chi connectivity index (χ4n) is 3.53. The third kappa shape index (κ3) is 4.69. The Kier molecular flexibility index (Phi) is 5.89. The Morgan fingerprint density at radius 2 is 1.96 bits per heavy atom. The van der Waals surface area contributed by atoms with E-state index in [4.69, 9.17) is 4.74 Å². The molecule has 0 spiro atoms. The summed E-state index contributed by atoms with van der Waals surface area (Å²) in [6.45, 7) is 7.91. The third-order valence-electron chi connectivity index (χ3n) is 5.13. The van der Waals surface area contributed by atoms with Gasteiger partial charge in [0.1, 0.15) is 5.82 Å². The highest BCUT2D eigenvalue weighted by molar-refractivity contribution is 5.59. The van der Waals surface area contributed by atoms with Crippen molar-refractivity contribution < 1.29 is 17.9 Å². The summed E-state index contributed by atoms with van der Waals surface area (Å²) in [5, 5.41) is 0. The van der Waals surface area contributed by atoms with E-state index in [1.807, 2.05) is 20.0 Å². The Morgan fingerprint density at radius 1 is 1.26 bits per heavy atom. The van der Waals surface area contributed by atoms with Gasteiger partial charge in [-0.05, 0) is 38.2 Å². The highest BCUT2D eigenvalue weighted by atomic mass is 19.4. The molecule has 27 heavy (non-hydrogen) atoms. The molecule has 0 saturated carbocycles. The molecule has 0 N–H and O–H groups in total. The van der Waals surface area contributed by atoms with Crippen LogP contribution in [0.15, 0.2) is 18.5 Å². The summed E-state index contributed by atoms with van der Waals surface area (Å²) in [4.78, 5) is 8.57. The monoisotopic (exact) mass is 381 g/mol. The lowest BCUT2D eigenvalue weighted by Gasteiger charge is -2.22. The molecule has 3 heterocycles. The van der Waals surface area contributed by atoms with Gasteiger partial charge in [-0.3, -0.25) is 4.98 Å². The molecule has 3 rings (SSSR count). The van der Waals surface area contributed by atoms with E-state index in [9.17, 15) is 13.2 Å². The van der Waals surface area contributed by atoms with E-state index in [1.165, 1.54) is 13.1 Å². The Labute approximate surface area is 157 Å².